The third kappa shape index (κ3) is 4.59. The first kappa shape index (κ1) is 18.7. The van der Waals surface area contributed by atoms with Gasteiger partial charge in [0.1, 0.15) is 5.82 Å². The SMILES string of the molecule is NC1CCN(CC(=O)Nc2cc(-c3ccccn3)nc(-c3cccs3)n2)CC1. The molecule has 4 rings (SSSR count). The van der Waals surface area contributed by atoms with Crippen LogP contribution in [0.2, 0.25) is 0 Å². The van der Waals surface area contributed by atoms with Crippen molar-refractivity contribution in [2.75, 3.05) is 25.0 Å². The summed E-state index contributed by atoms with van der Waals surface area (Å²) in [6, 6.07) is 11.6. The summed E-state index contributed by atoms with van der Waals surface area (Å²) < 4.78 is 0. The van der Waals surface area contributed by atoms with E-state index in [9.17, 15) is 4.79 Å². The van der Waals surface area contributed by atoms with Crippen molar-refractivity contribution in [2.45, 2.75) is 18.9 Å². The number of rotatable bonds is 5. The Morgan fingerprint density at radius 2 is 2.04 bits per heavy atom. The first-order valence-electron chi connectivity index (χ1n) is 9.29. The molecule has 0 atom stereocenters. The summed E-state index contributed by atoms with van der Waals surface area (Å²) in [6.07, 6.45) is 3.57. The predicted octanol–water partition coefficient (Wildman–Crippen LogP) is 2.63. The van der Waals surface area contributed by atoms with Gasteiger partial charge in [-0.2, -0.15) is 0 Å². The van der Waals surface area contributed by atoms with Crippen molar-refractivity contribution in [2.24, 2.45) is 5.73 Å². The van der Waals surface area contributed by atoms with E-state index in [0.717, 1.165) is 36.5 Å². The molecule has 0 bridgehead atoms. The van der Waals surface area contributed by atoms with Crippen LogP contribution >= 0.6 is 11.3 Å². The summed E-state index contributed by atoms with van der Waals surface area (Å²) in [6.45, 7) is 2.03. The second-order valence-electron chi connectivity index (χ2n) is 6.82. The first-order chi connectivity index (χ1) is 13.7. The zero-order chi connectivity index (χ0) is 19.3. The fourth-order valence-electron chi connectivity index (χ4n) is 3.17. The standard InChI is InChI=1S/C20H22N6OS/c21-14-6-9-26(10-7-14)13-19(27)24-18-12-16(15-4-1-2-8-22-15)23-20(25-18)17-5-3-11-28-17/h1-5,8,11-12,14H,6-7,9-10,13,21H2,(H,23,24,25,27). The topological polar surface area (TPSA) is 97.0 Å². The van der Waals surface area contributed by atoms with Crippen LogP contribution in [0.15, 0.2) is 48.0 Å². The van der Waals surface area contributed by atoms with Gasteiger partial charge in [0.2, 0.25) is 5.91 Å². The van der Waals surface area contributed by atoms with Gasteiger partial charge in [-0.05, 0) is 36.4 Å². The molecule has 28 heavy (non-hydrogen) atoms. The van der Waals surface area contributed by atoms with Gasteiger partial charge in [-0.3, -0.25) is 14.7 Å². The lowest BCUT2D eigenvalue weighted by molar-refractivity contribution is -0.117. The lowest BCUT2D eigenvalue weighted by atomic mass is 10.1. The van der Waals surface area contributed by atoms with Crippen molar-refractivity contribution < 1.29 is 4.79 Å². The van der Waals surface area contributed by atoms with E-state index in [-0.39, 0.29) is 11.9 Å². The molecule has 3 aromatic heterocycles. The highest BCUT2D eigenvalue weighted by molar-refractivity contribution is 7.13. The van der Waals surface area contributed by atoms with Gasteiger partial charge in [0.05, 0.1) is 22.8 Å². The van der Waals surface area contributed by atoms with Crippen molar-refractivity contribution in [1.29, 1.82) is 0 Å². The fraction of sp³-hybridized carbons (Fsp3) is 0.300. The number of carbonyl (C=O) groups is 1. The molecule has 0 saturated carbocycles. The third-order valence-corrected chi connectivity index (χ3v) is 5.53. The molecule has 0 unspecified atom stereocenters. The molecule has 0 aliphatic carbocycles. The maximum Gasteiger partial charge on any atom is 0.239 e. The van der Waals surface area contributed by atoms with Gasteiger partial charge in [0.15, 0.2) is 5.82 Å². The van der Waals surface area contributed by atoms with E-state index in [1.54, 1.807) is 23.6 Å². The quantitative estimate of drug-likeness (QED) is 0.690. The minimum Gasteiger partial charge on any atom is -0.328 e. The Morgan fingerprint density at radius 3 is 2.75 bits per heavy atom. The van der Waals surface area contributed by atoms with Crippen LogP contribution in [0.25, 0.3) is 22.1 Å². The number of piperidine rings is 1. The normalized spacial score (nSPS) is 15.5. The Balaban J connectivity index is 1.55. The second kappa shape index (κ2) is 8.55. The van der Waals surface area contributed by atoms with E-state index in [1.165, 1.54) is 0 Å². The maximum absolute atomic E-state index is 12.6. The first-order valence-corrected chi connectivity index (χ1v) is 10.2. The molecule has 1 fully saturated rings. The second-order valence-corrected chi connectivity index (χ2v) is 7.76. The smallest absolute Gasteiger partial charge is 0.239 e. The number of hydrogen-bond acceptors (Lipinski definition) is 7. The number of amides is 1. The zero-order valence-corrected chi connectivity index (χ0v) is 16.2. The predicted molar refractivity (Wildman–Crippen MR) is 111 cm³/mol. The number of anilines is 1. The summed E-state index contributed by atoms with van der Waals surface area (Å²) >= 11 is 1.56. The highest BCUT2D eigenvalue weighted by Gasteiger charge is 2.19. The van der Waals surface area contributed by atoms with Crippen molar-refractivity contribution in [3.05, 3.63) is 48.0 Å². The lowest BCUT2D eigenvalue weighted by Crippen LogP contribution is -2.43. The fourth-order valence-corrected chi connectivity index (χ4v) is 3.83. The molecule has 7 nitrogen and oxygen atoms in total. The molecule has 1 saturated heterocycles. The Labute approximate surface area is 167 Å². The molecule has 0 radical (unpaired) electrons. The lowest BCUT2D eigenvalue weighted by Gasteiger charge is -2.29. The number of nitrogens with one attached hydrogen (secondary N) is 1. The van der Waals surface area contributed by atoms with E-state index in [4.69, 9.17) is 5.73 Å². The summed E-state index contributed by atoms with van der Waals surface area (Å²) in [5.74, 6) is 0.980. The highest BCUT2D eigenvalue weighted by atomic mass is 32.1. The third-order valence-electron chi connectivity index (χ3n) is 4.66. The van der Waals surface area contributed by atoms with Crippen LogP contribution < -0.4 is 11.1 Å². The Morgan fingerprint density at radius 1 is 1.18 bits per heavy atom. The molecular formula is C20H22N6OS. The minimum absolute atomic E-state index is 0.0849. The Hall–Kier alpha value is -2.68. The van der Waals surface area contributed by atoms with Gasteiger partial charge in [0.25, 0.3) is 0 Å². The molecule has 1 amide bonds. The number of nitrogens with zero attached hydrogens (tertiary/aromatic N) is 4. The molecule has 3 N–H and O–H groups in total. The van der Waals surface area contributed by atoms with Crippen LogP contribution in [0.4, 0.5) is 5.82 Å². The van der Waals surface area contributed by atoms with E-state index in [2.05, 4.69) is 25.2 Å². The molecule has 3 aromatic rings. The van der Waals surface area contributed by atoms with E-state index in [0.29, 0.717) is 23.9 Å². The molecule has 0 aromatic carbocycles. The van der Waals surface area contributed by atoms with Crippen LogP contribution in [0, 0.1) is 0 Å². The van der Waals surface area contributed by atoms with Gasteiger partial charge in [-0.1, -0.05) is 12.1 Å². The molecule has 1 aliphatic heterocycles. The summed E-state index contributed by atoms with van der Waals surface area (Å²) in [5, 5.41) is 4.90. The van der Waals surface area contributed by atoms with Crippen molar-refractivity contribution in [1.82, 2.24) is 19.9 Å². The summed E-state index contributed by atoms with van der Waals surface area (Å²) in [7, 11) is 0. The summed E-state index contributed by atoms with van der Waals surface area (Å²) in [4.78, 5) is 29.2. The van der Waals surface area contributed by atoms with Crippen LogP contribution in [0.5, 0.6) is 0 Å². The van der Waals surface area contributed by atoms with Gasteiger partial charge >= 0.3 is 0 Å². The zero-order valence-electron chi connectivity index (χ0n) is 15.4. The number of pyridine rings is 1. The number of hydrogen-bond donors (Lipinski definition) is 2. The minimum atomic E-state index is -0.0849. The van der Waals surface area contributed by atoms with Crippen LogP contribution in [0.1, 0.15) is 12.8 Å². The van der Waals surface area contributed by atoms with Crippen LogP contribution in [-0.2, 0) is 4.79 Å². The summed E-state index contributed by atoms with van der Waals surface area (Å²) in [5.41, 5.74) is 7.36. The van der Waals surface area contributed by atoms with Crippen LogP contribution in [-0.4, -0.2) is 51.4 Å². The van der Waals surface area contributed by atoms with Gasteiger partial charge in [0, 0.05) is 31.4 Å². The van der Waals surface area contributed by atoms with Crippen molar-refractivity contribution in [3.8, 4) is 22.1 Å². The van der Waals surface area contributed by atoms with Crippen molar-refractivity contribution >= 4 is 23.1 Å². The Kier molecular flexibility index (Phi) is 5.70. The molecule has 0 spiro atoms. The molecule has 1 aliphatic rings. The van der Waals surface area contributed by atoms with E-state index in [1.807, 2.05) is 35.7 Å². The number of carbonyl (C=O) groups excluding carboxylic acids is 1. The number of thiophene rings is 1. The molecule has 144 valence electrons. The molecular weight excluding hydrogens is 372 g/mol. The average Bonchev–Trinajstić information content (AvgIpc) is 3.25. The highest BCUT2D eigenvalue weighted by Crippen LogP contribution is 2.26. The van der Waals surface area contributed by atoms with Crippen molar-refractivity contribution in [3.63, 3.8) is 0 Å². The van der Waals surface area contributed by atoms with Gasteiger partial charge in [-0.15, -0.1) is 11.3 Å². The van der Waals surface area contributed by atoms with E-state index < -0.39 is 0 Å². The largest absolute Gasteiger partial charge is 0.328 e. The Bertz CT molecular complexity index is 923. The number of aromatic nitrogens is 3. The van der Waals surface area contributed by atoms with Gasteiger partial charge < -0.3 is 11.1 Å². The average molecular weight is 395 g/mol. The monoisotopic (exact) mass is 394 g/mol. The van der Waals surface area contributed by atoms with Crippen LogP contribution in [0.3, 0.4) is 0 Å². The number of likely N-dealkylation sites (tertiary alicyclic amines) is 1. The number of nitrogens with two attached hydrogens (primary N) is 1. The molecule has 8 heteroatoms. The van der Waals surface area contributed by atoms with Gasteiger partial charge in [-0.25, -0.2) is 9.97 Å². The van der Waals surface area contributed by atoms with E-state index >= 15 is 0 Å². The molecule has 4 heterocycles. The maximum atomic E-state index is 12.6.